The second kappa shape index (κ2) is 9.42. The number of amides is 1. The van der Waals surface area contributed by atoms with Crippen LogP contribution in [0.2, 0.25) is 0 Å². The van der Waals surface area contributed by atoms with Crippen molar-refractivity contribution >= 4 is 23.5 Å². The summed E-state index contributed by atoms with van der Waals surface area (Å²) >= 11 is 1.52. The van der Waals surface area contributed by atoms with E-state index in [1.165, 1.54) is 11.8 Å². The van der Waals surface area contributed by atoms with Gasteiger partial charge in [-0.3, -0.25) is 4.79 Å². The van der Waals surface area contributed by atoms with Gasteiger partial charge in [-0.15, -0.1) is 11.8 Å². The first-order valence-electron chi connectivity index (χ1n) is 11.1. The van der Waals surface area contributed by atoms with Gasteiger partial charge in [0.2, 0.25) is 5.91 Å². The molecular weight excluding hydrogens is 462 g/mol. The number of nitrogens with zero attached hydrogens (tertiary/aromatic N) is 4. The fourth-order valence-electron chi connectivity index (χ4n) is 4.33. The highest BCUT2D eigenvalue weighted by atomic mass is 32.2. The molecule has 9 heteroatoms. The fraction of sp³-hybridized carbons (Fsp3) is 0.231. The van der Waals surface area contributed by atoms with E-state index in [1.807, 2.05) is 68.4 Å². The maximum absolute atomic E-state index is 12.9. The maximum Gasteiger partial charge on any atom is 0.252 e. The Kier molecular flexibility index (Phi) is 6.17. The highest BCUT2D eigenvalue weighted by Gasteiger charge is 2.35. The lowest BCUT2D eigenvalue weighted by atomic mass is 9.99. The molecule has 1 atom stereocenters. The number of carbonyl (C=O) groups is 1. The molecule has 35 heavy (non-hydrogen) atoms. The van der Waals surface area contributed by atoms with Crippen LogP contribution in [0.5, 0.6) is 11.5 Å². The molecule has 2 aromatic heterocycles. The largest absolute Gasteiger partial charge is 0.493 e. The number of thioether (sulfide) groups is 1. The van der Waals surface area contributed by atoms with Crippen LogP contribution in [0.1, 0.15) is 27.8 Å². The van der Waals surface area contributed by atoms with Crippen LogP contribution in [0.4, 0.5) is 5.82 Å². The van der Waals surface area contributed by atoms with E-state index >= 15 is 0 Å². The Labute approximate surface area is 207 Å². The number of fused-ring (bicyclic) bond motifs is 1. The Hall–Kier alpha value is -3.85. The SMILES string of the molecule is COc1cccc([C@H]2SCC(=O)Nc3c2c(-c2ccccc2)nn3-c2nc(C)cc(C)n2)c1OC. The molecule has 0 radical (unpaired) electrons. The Morgan fingerprint density at radius 1 is 1.00 bits per heavy atom. The van der Waals surface area contributed by atoms with E-state index in [2.05, 4.69) is 15.3 Å². The van der Waals surface area contributed by atoms with Crippen molar-refractivity contribution in [2.75, 3.05) is 25.3 Å². The Balaban J connectivity index is 1.82. The number of aromatic nitrogens is 4. The van der Waals surface area contributed by atoms with Gasteiger partial charge in [0.1, 0.15) is 5.82 Å². The van der Waals surface area contributed by atoms with Crippen LogP contribution >= 0.6 is 11.8 Å². The van der Waals surface area contributed by atoms with Gasteiger partial charge in [-0.05, 0) is 26.0 Å². The van der Waals surface area contributed by atoms with E-state index in [9.17, 15) is 4.79 Å². The van der Waals surface area contributed by atoms with Crippen molar-refractivity contribution in [3.05, 3.63) is 77.1 Å². The first-order valence-corrected chi connectivity index (χ1v) is 12.2. The van der Waals surface area contributed by atoms with E-state index in [0.717, 1.165) is 33.8 Å². The van der Waals surface area contributed by atoms with Crippen molar-refractivity contribution in [1.82, 2.24) is 19.7 Å². The van der Waals surface area contributed by atoms with Gasteiger partial charge in [0.15, 0.2) is 11.5 Å². The summed E-state index contributed by atoms with van der Waals surface area (Å²) in [6, 6.07) is 17.6. The lowest BCUT2D eigenvalue weighted by molar-refractivity contribution is -0.113. The van der Waals surface area contributed by atoms with Crippen LogP contribution in [0.15, 0.2) is 54.6 Å². The molecule has 0 bridgehead atoms. The molecule has 178 valence electrons. The summed E-state index contributed by atoms with van der Waals surface area (Å²) in [5, 5.41) is 7.77. The molecule has 0 spiro atoms. The first-order chi connectivity index (χ1) is 17.0. The van der Waals surface area contributed by atoms with Gasteiger partial charge in [-0.25, -0.2) is 9.97 Å². The van der Waals surface area contributed by atoms with Crippen LogP contribution in [0, 0.1) is 13.8 Å². The summed E-state index contributed by atoms with van der Waals surface area (Å²) in [6.45, 7) is 3.83. The number of carbonyl (C=O) groups excluding carboxylic acids is 1. The molecule has 4 aromatic rings. The van der Waals surface area contributed by atoms with Crippen LogP contribution < -0.4 is 14.8 Å². The van der Waals surface area contributed by atoms with Crippen molar-refractivity contribution < 1.29 is 14.3 Å². The Morgan fingerprint density at radius 3 is 2.43 bits per heavy atom. The second-order valence-electron chi connectivity index (χ2n) is 8.16. The smallest absolute Gasteiger partial charge is 0.252 e. The quantitative estimate of drug-likeness (QED) is 0.435. The van der Waals surface area contributed by atoms with Crippen LogP contribution in [-0.2, 0) is 4.79 Å². The third-order valence-electron chi connectivity index (χ3n) is 5.75. The molecule has 8 nitrogen and oxygen atoms in total. The van der Waals surface area contributed by atoms with Crippen molar-refractivity contribution in [2.24, 2.45) is 0 Å². The number of rotatable bonds is 5. The summed E-state index contributed by atoms with van der Waals surface area (Å²) in [5.41, 5.74) is 5.06. The number of methoxy groups -OCH3 is 2. The van der Waals surface area contributed by atoms with E-state index in [0.29, 0.717) is 23.3 Å². The van der Waals surface area contributed by atoms with Gasteiger partial charge in [0, 0.05) is 28.1 Å². The van der Waals surface area contributed by atoms with E-state index < -0.39 is 0 Å². The minimum Gasteiger partial charge on any atom is -0.493 e. The molecular formula is C26H25N5O3S. The topological polar surface area (TPSA) is 91.2 Å². The molecule has 1 N–H and O–H groups in total. The summed E-state index contributed by atoms with van der Waals surface area (Å²) in [4.78, 5) is 22.1. The predicted molar refractivity (Wildman–Crippen MR) is 137 cm³/mol. The van der Waals surface area contributed by atoms with Gasteiger partial charge in [-0.2, -0.15) is 9.78 Å². The number of ether oxygens (including phenoxy) is 2. The van der Waals surface area contributed by atoms with Crippen molar-refractivity contribution in [1.29, 1.82) is 0 Å². The zero-order valence-electron chi connectivity index (χ0n) is 19.9. The van der Waals surface area contributed by atoms with Gasteiger partial charge in [-0.1, -0.05) is 42.5 Å². The minimum absolute atomic E-state index is 0.120. The van der Waals surface area contributed by atoms with Gasteiger partial charge in [0.05, 0.1) is 30.9 Å². The molecule has 1 aliphatic rings. The van der Waals surface area contributed by atoms with Crippen LogP contribution in [0.25, 0.3) is 17.2 Å². The van der Waals surface area contributed by atoms with Crippen molar-refractivity contribution in [3.8, 4) is 28.7 Å². The number of hydrogen-bond donors (Lipinski definition) is 1. The van der Waals surface area contributed by atoms with Gasteiger partial charge < -0.3 is 14.8 Å². The molecule has 2 aromatic carbocycles. The molecule has 0 aliphatic carbocycles. The first kappa shape index (κ1) is 22.9. The number of benzene rings is 2. The number of nitrogens with one attached hydrogen (secondary N) is 1. The predicted octanol–water partition coefficient (Wildman–Crippen LogP) is 4.74. The van der Waals surface area contributed by atoms with E-state index in [1.54, 1.807) is 18.9 Å². The summed E-state index contributed by atoms with van der Waals surface area (Å²) in [5.74, 6) is 2.36. The standard InChI is InChI=1S/C26H25N5O3S/c1-15-13-16(2)28-26(27-15)31-25-21(22(30-31)17-9-6-5-7-10-17)24(35-14-20(32)29-25)18-11-8-12-19(33-3)23(18)34-4/h5-13,24H,14H2,1-4H3,(H,29,32)/t24-/m1/s1. The monoisotopic (exact) mass is 487 g/mol. The third-order valence-corrected chi connectivity index (χ3v) is 7.00. The summed E-state index contributed by atoms with van der Waals surface area (Å²) < 4.78 is 13.0. The molecule has 0 saturated carbocycles. The molecule has 5 rings (SSSR count). The number of hydrogen-bond acceptors (Lipinski definition) is 7. The molecule has 0 fully saturated rings. The van der Waals surface area contributed by atoms with Crippen LogP contribution in [-0.4, -0.2) is 45.6 Å². The second-order valence-corrected chi connectivity index (χ2v) is 9.25. The van der Waals surface area contributed by atoms with E-state index in [-0.39, 0.29) is 16.9 Å². The highest BCUT2D eigenvalue weighted by Crippen LogP contribution is 2.50. The third kappa shape index (κ3) is 4.23. The van der Waals surface area contributed by atoms with Crippen molar-refractivity contribution in [3.63, 3.8) is 0 Å². The Bertz CT molecular complexity index is 1380. The molecule has 0 saturated heterocycles. The lowest BCUT2D eigenvalue weighted by Gasteiger charge is -2.20. The minimum atomic E-state index is -0.260. The zero-order chi connectivity index (χ0) is 24.5. The van der Waals surface area contributed by atoms with Crippen molar-refractivity contribution in [2.45, 2.75) is 19.1 Å². The fourth-order valence-corrected chi connectivity index (χ4v) is 5.47. The normalized spacial score (nSPS) is 15.2. The van der Waals surface area contributed by atoms with Gasteiger partial charge in [0.25, 0.3) is 5.95 Å². The maximum atomic E-state index is 12.9. The van der Waals surface area contributed by atoms with Gasteiger partial charge >= 0.3 is 0 Å². The zero-order valence-corrected chi connectivity index (χ0v) is 20.7. The number of para-hydroxylation sites is 1. The molecule has 1 aliphatic heterocycles. The van der Waals surface area contributed by atoms with Crippen LogP contribution in [0.3, 0.4) is 0 Å². The lowest BCUT2D eigenvalue weighted by Crippen LogP contribution is -2.17. The number of anilines is 1. The average Bonchev–Trinajstić information content (AvgIpc) is 3.13. The number of aryl methyl sites for hydroxylation is 2. The van der Waals surface area contributed by atoms with E-state index in [4.69, 9.17) is 14.6 Å². The summed E-state index contributed by atoms with van der Waals surface area (Å²) in [6.07, 6.45) is 0. The Morgan fingerprint density at radius 2 is 1.74 bits per heavy atom. The molecule has 1 amide bonds. The average molecular weight is 488 g/mol. The summed E-state index contributed by atoms with van der Waals surface area (Å²) in [7, 11) is 3.24. The highest BCUT2D eigenvalue weighted by molar-refractivity contribution is 8.00. The molecule has 0 unspecified atom stereocenters. The molecule has 3 heterocycles.